The number of anilines is 3. The summed E-state index contributed by atoms with van der Waals surface area (Å²) in [5, 5.41) is 26.4. The first-order valence-corrected chi connectivity index (χ1v) is 17.6. The number of aromatic nitrogens is 2. The van der Waals surface area contributed by atoms with Gasteiger partial charge in [-0.25, -0.2) is 0 Å². The second-order valence-electron chi connectivity index (χ2n) is 12.9. The van der Waals surface area contributed by atoms with E-state index in [1.54, 1.807) is 31.2 Å². The van der Waals surface area contributed by atoms with Crippen molar-refractivity contribution in [3.8, 4) is 17.0 Å². The third-order valence-corrected chi connectivity index (χ3v) is 9.34. The van der Waals surface area contributed by atoms with Crippen molar-refractivity contribution in [1.29, 1.82) is 0 Å². The molecule has 1 unspecified atom stereocenters. The van der Waals surface area contributed by atoms with Gasteiger partial charge >= 0.3 is 0 Å². The Bertz CT molecular complexity index is 1830. The molecule has 274 valence electrons. The number of piperidine rings is 1. The van der Waals surface area contributed by atoms with Crippen molar-refractivity contribution < 1.29 is 33.9 Å². The first kappa shape index (κ1) is 37.4. The number of phenols is 1. The summed E-state index contributed by atoms with van der Waals surface area (Å²) < 4.78 is 0. The maximum atomic E-state index is 13.3. The zero-order chi connectivity index (χ0) is 37.2. The highest BCUT2D eigenvalue weighted by Gasteiger charge is 2.43. The molecule has 6 amide bonds. The number of carbonyl (C=O) groups is 6. The number of para-hydroxylation sites is 1. The van der Waals surface area contributed by atoms with Gasteiger partial charge in [-0.05, 0) is 62.4 Å². The molecular formula is C37H44N8O7. The Morgan fingerprint density at radius 2 is 1.63 bits per heavy atom. The third kappa shape index (κ3) is 8.71. The van der Waals surface area contributed by atoms with Crippen molar-refractivity contribution >= 4 is 53.1 Å². The number of fused-ring (bicyclic) bond motifs is 1. The highest BCUT2D eigenvalue weighted by atomic mass is 16.3. The Hall–Kier alpha value is -5.86. The summed E-state index contributed by atoms with van der Waals surface area (Å²) in [6.45, 7) is 3.15. The summed E-state index contributed by atoms with van der Waals surface area (Å²) in [4.78, 5) is 78.2. The van der Waals surface area contributed by atoms with Crippen LogP contribution in [0.4, 0.5) is 17.2 Å². The van der Waals surface area contributed by atoms with Crippen LogP contribution in [0.1, 0.15) is 91.8 Å². The summed E-state index contributed by atoms with van der Waals surface area (Å²) in [6, 6.07) is 12.2. The van der Waals surface area contributed by atoms with Gasteiger partial charge in [0.25, 0.3) is 11.8 Å². The molecule has 2 aromatic carbocycles. The highest BCUT2D eigenvalue weighted by Crippen LogP contribution is 2.33. The summed E-state index contributed by atoms with van der Waals surface area (Å²) in [5.41, 5.74) is 8.29. The van der Waals surface area contributed by atoms with Gasteiger partial charge in [0.2, 0.25) is 24.1 Å². The number of rotatable bonds is 16. The van der Waals surface area contributed by atoms with E-state index in [4.69, 9.17) is 5.73 Å². The molecule has 1 saturated heterocycles. The Kier molecular flexibility index (Phi) is 12.5. The number of phenolic OH excluding ortho intramolecular Hbond substituents is 1. The largest absolute Gasteiger partial charge is 0.507 e. The molecule has 3 heterocycles. The minimum absolute atomic E-state index is 0.0147. The number of hydrogen-bond acceptors (Lipinski definition) is 11. The van der Waals surface area contributed by atoms with E-state index >= 15 is 0 Å². The predicted molar refractivity (Wildman–Crippen MR) is 193 cm³/mol. The SMILES string of the molecule is CCCC(C(=O)NC=O)N1C(=O)c2cccc(NC(=O)CCCCCCC(=O)NC3CCN(c4cc(-c5ccccc5O)nnc4N)CC3)c2C1=O. The van der Waals surface area contributed by atoms with Crippen molar-refractivity contribution in [2.24, 2.45) is 0 Å². The molecule has 0 bridgehead atoms. The molecule has 3 aromatic rings. The van der Waals surface area contributed by atoms with Crippen LogP contribution in [0, 0.1) is 0 Å². The van der Waals surface area contributed by atoms with Crippen molar-refractivity contribution in [1.82, 2.24) is 25.7 Å². The molecule has 1 atom stereocenters. The molecule has 15 heteroatoms. The average molecular weight is 713 g/mol. The lowest BCUT2D eigenvalue weighted by Gasteiger charge is -2.34. The first-order valence-electron chi connectivity index (χ1n) is 17.6. The van der Waals surface area contributed by atoms with Crippen molar-refractivity contribution in [3.05, 3.63) is 59.7 Å². The Morgan fingerprint density at radius 1 is 0.942 bits per heavy atom. The van der Waals surface area contributed by atoms with Gasteiger partial charge in [0.1, 0.15) is 11.8 Å². The third-order valence-electron chi connectivity index (χ3n) is 9.34. The number of nitrogen functional groups attached to an aromatic ring is 1. The van der Waals surface area contributed by atoms with Gasteiger partial charge in [0, 0.05) is 37.5 Å². The quantitative estimate of drug-likeness (QED) is 0.0822. The maximum Gasteiger partial charge on any atom is 0.264 e. The van der Waals surface area contributed by atoms with Crippen LogP contribution in [-0.4, -0.2) is 81.3 Å². The number of nitrogens with two attached hydrogens (primary N) is 1. The maximum absolute atomic E-state index is 13.3. The van der Waals surface area contributed by atoms with Crippen LogP contribution in [0.5, 0.6) is 5.75 Å². The van der Waals surface area contributed by atoms with Crippen LogP contribution in [0.2, 0.25) is 0 Å². The van der Waals surface area contributed by atoms with Gasteiger partial charge in [-0.1, -0.05) is 44.4 Å². The average Bonchev–Trinajstić information content (AvgIpc) is 3.39. The van der Waals surface area contributed by atoms with Crippen LogP contribution in [0.25, 0.3) is 11.3 Å². The smallest absolute Gasteiger partial charge is 0.264 e. The number of carbonyl (C=O) groups excluding carboxylic acids is 6. The van der Waals surface area contributed by atoms with E-state index in [1.807, 2.05) is 17.4 Å². The predicted octanol–water partition coefficient (Wildman–Crippen LogP) is 3.53. The standard InChI is InChI=1S/C37H44N8O7/c1-2-10-28(35(50)39-22-46)45-36(51)25-12-9-13-26(33(25)37(45)52)41-32(49)16-6-4-3-5-15-31(48)40-23-17-19-44(20-18-23)29-21-27(42-43-34(29)38)24-11-7-8-14-30(24)47/h7-9,11-14,21-23,28,47H,2-6,10,15-20H2,1H3,(H2,38,43)(H,40,48)(H,41,49)(H,39,46,50). The molecular weight excluding hydrogens is 668 g/mol. The van der Waals surface area contributed by atoms with Crippen molar-refractivity contribution in [2.75, 3.05) is 29.0 Å². The fourth-order valence-electron chi connectivity index (χ4n) is 6.66. The lowest BCUT2D eigenvalue weighted by atomic mass is 10.0. The number of nitrogens with one attached hydrogen (secondary N) is 3. The summed E-state index contributed by atoms with van der Waals surface area (Å²) >= 11 is 0. The van der Waals surface area contributed by atoms with Gasteiger partial charge in [0.05, 0.1) is 28.2 Å². The van der Waals surface area contributed by atoms with Gasteiger partial charge in [-0.2, -0.15) is 0 Å². The molecule has 5 rings (SSSR count). The summed E-state index contributed by atoms with van der Waals surface area (Å²) in [5.74, 6) is -2.02. The van der Waals surface area contributed by atoms with Crippen LogP contribution in [0.3, 0.4) is 0 Å². The van der Waals surface area contributed by atoms with Gasteiger partial charge < -0.3 is 26.4 Å². The number of nitrogens with zero attached hydrogens (tertiary/aromatic N) is 4. The first-order chi connectivity index (χ1) is 25.1. The number of imide groups is 2. The fourth-order valence-corrected chi connectivity index (χ4v) is 6.66. The topological polar surface area (TPSA) is 217 Å². The Balaban J connectivity index is 1.01. The van der Waals surface area contributed by atoms with Crippen LogP contribution in [0.15, 0.2) is 48.5 Å². The van der Waals surface area contributed by atoms with E-state index in [9.17, 15) is 33.9 Å². The number of hydrogen-bond donors (Lipinski definition) is 5. The molecule has 2 aliphatic heterocycles. The van der Waals surface area contributed by atoms with E-state index in [2.05, 4.69) is 25.7 Å². The normalized spacial score (nSPS) is 14.9. The lowest BCUT2D eigenvalue weighted by molar-refractivity contribution is -0.128. The zero-order valence-corrected chi connectivity index (χ0v) is 29.1. The van der Waals surface area contributed by atoms with Crippen LogP contribution in [-0.2, 0) is 19.2 Å². The molecule has 2 aliphatic rings. The second-order valence-corrected chi connectivity index (χ2v) is 12.9. The van der Waals surface area contributed by atoms with Crippen LogP contribution < -0.4 is 26.6 Å². The monoisotopic (exact) mass is 712 g/mol. The van der Waals surface area contributed by atoms with E-state index in [0.29, 0.717) is 55.8 Å². The molecule has 0 saturated carbocycles. The highest BCUT2D eigenvalue weighted by molar-refractivity contribution is 6.25. The molecule has 0 aliphatic carbocycles. The second kappa shape index (κ2) is 17.4. The van der Waals surface area contributed by atoms with E-state index < -0.39 is 23.8 Å². The number of amides is 6. The van der Waals surface area contributed by atoms with Crippen molar-refractivity contribution in [3.63, 3.8) is 0 Å². The van der Waals surface area contributed by atoms with Crippen molar-refractivity contribution in [2.45, 2.75) is 83.2 Å². The van der Waals surface area contributed by atoms with Gasteiger partial charge in [0.15, 0.2) is 5.82 Å². The van der Waals surface area contributed by atoms with E-state index in [1.165, 1.54) is 12.1 Å². The molecule has 15 nitrogen and oxygen atoms in total. The molecule has 1 aromatic heterocycles. The Morgan fingerprint density at radius 3 is 2.33 bits per heavy atom. The Labute approximate surface area is 301 Å². The van der Waals surface area contributed by atoms with E-state index in [-0.39, 0.29) is 59.7 Å². The zero-order valence-electron chi connectivity index (χ0n) is 29.1. The fraction of sp³-hybridized carbons (Fsp3) is 0.405. The summed E-state index contributed by atoms with van der Waals surface area (Å²) in [7, 11) is 0. The number of aromatic hydroxyl groups is 1. The molecule has 0 radical (unpaired) electrons. The lowest BCUT2D eigenvalue weighted by Crippen LogP contribution is -2.49. The molecule has 52 heavy (non-hydrogen) atoms. The number of unbranched alkanes of at least 4 members (excludes halogenated alkanes) is 3. The number of benzene rings is 2. The molecule has 0 spiro atoms. The minimum atomic E-state index is -1.15. The minimum Gasteiger partial charge on any atom is -0.507 e. The van der Waals surface area contributed by atoms with E-state index in [0.717, 1.165) is 36.3 Å². The van der Waals surface area contributed by atoms with Gasteiger partial charge in [-0.3, -0.25) is 39.0 Å². The van der Waals surface area contributed by atoms with Crippen LogP contribution >= 0.6 is 0 Å². The summed E-state index contributed by atoms with van der Waals surface area (Å²) in [6.07, 6.45) is 5.67. The van der Waals surface area contributed by atoms with Gasteiger partial charge in [-0.15, -0.1) is 10.2 Å². The molecule has 6 N–H and O–H groups in total. The molecule has 1 fully saturated rings.